The van der Waals surface area contributed by atoms with Crippen LogP contribution in [-0.4, -0.2) is 4.21 Å². The zero-order valence-electron chi connectivity index (χ0n) is 9.40. The first-order valence-corrected chi connectivity index (χ1v) is 6.56. The molecule has 0 aromatic heterocycles. The highest BCUT2D eigenvalue weighted by Gasteiger charge is 2.10. The third kappa shape index (κ3) is 2.92. The first-order chi connectivity index (χ1) is 8.56. The first kappa shape index (κ1) is 12.7. The number of rotatable bonds is 3. The van der Waals surface area contributed by atoms with Gasteiger partial charge >= 0.3 is 0 Å². The van der Waals surface area contributed by atoms with Crippen LogP contribution in [0, 0.1) is 11.6 Å². The second-order valence-corrected chi connectivity index (χ2v) is 5.23. The van der Waals surface area contributed by atoms with Crippen molar-refractivity contribution in [2.24, 2.45) is 0 Å². The molecule has 0 heterocycles. The number of halogens is 2. The molecule has 2 aromatic carbocycles. The molecule has 0 aliphatic heterocycles. The Bertz CT molecular complexity index is 581. The number of anilines is 1. The van der Waals surface area contributed by atoms with Crippen LogP contribution in [0.3, 0.4) is 0 Å². The monoisotopic (exact) mass is 267 g/mol. The average molecular weight is 267 g/mol. The Balaban J connectivity index is 2.24. The molecule has 5 heteroatoms. The van der Waals surface area contributed by atoms with Gasteiger partial charge in [-0.2, -0.15) is 0 Å². The van der Waals surface area contributed by atoms with E-state index in [1.54, 1.807) is 6.07 Å². The molecular weight excluding hydrogens is 256 g/mol. The van der Waals surface area contributed by atoms with Crippen molar-refractivity contribution in [1.29, 1.82) is 0 Å². The number of benzene rings is 2. The first-order valence-electron chi connectivity index (χ1n) is 5.24. The fraction of sp³-hybridized carbons (Fsp3) is 0.0769. The molecule has 0 radical (unpaired) electrons. The Morgan fingerprint density at radius 1 is 1.11 bits per heavy atom. The standard InChI is InChI=1S/C13H11F2NOS/c14-10-5-9(6-11(16)7-10)8-18(17)13-4-2-1-3-12(13)15/h1-7H,8,16H2. The lowest BCUT2D eigenvalue weighted by Crippen LogP contribution is -2.00. The summed E-state index contributed by atoms with van der Waals surface area (Å²) in [4.78, 5) is 0.111. The minimum absolute atomic E-state index is 0.0306. The molecule has 0 aliphatic carbocycles. The van der Waals surface area contributed by atoms with E-state index in [-0.39, 0.29) is 16.3 Å². The van der Waals surface area contributed by atoms with Gasteiger partial charge in [-0.1, -0.05) is 12.1 Å². The summed E-state index contributed by atoms with van der Waals surface area (Å²) >= 11 is 0. The van der Waals surface area contributed by atoms with E-state index in [1.165, 1.54) is 36.4 Å². The predicted octanol–water partition coefficient (Wildman–Crippen LogP) is 2.85. The molecule has 2 rings (SSSR count). The van der Waals surface area contributed by atoms with Crippen LogP contribution in [0.15, 0.2) is 47.4 Å². The molecule has 2 N–H and O–H groups in total. The van der Waals surface area contributed by atoms with E-state index >= 15 is 0 Å². The largest absolute Gasteiger partial charge is 0.399 e. The molecule has 0 saturated heterocycles. The van der Waals surface area contributed by atoms with Crippen LogP contribution < -0.4 is 5.73 Å². The Morgan fingerprint density at radius 3 is 2.50 bits per heavy atom. The van der Waals surface area contributed by atoms with Crippen LogP contribution in [-0.2, 0) is 16.6 Å². The summed E-state index contributed by atoms with van der Waals surface area (Å²) in [5, 5.41) is 0. The number of hydrogen-bond donors (Lipinski definition) is 1. The maximum absolute atomic E-state index is 13.4. The van der Waals surface area contributed by atoms with E-state index in [2.05, 4.69) is 0 Å². The van der Waals surface area contributed by atoms with Crippen LogP contribution in [0.25, 0.3) is 0 Å². The van der Waals surface area contributed by atoms with Crippen LogP contribution in [0.5, 0.6) is 0 Å². The van der Waals surface area contributed by atoms with Crippen LogP contribution in [0.2, 0.25) is 0 Å². The fourth-order valence-corrected chi connectivity index (χ4v) is 2.76. The summed E-state index contributed by atoms with van der Waals surface area (Å²) in [5.41, 5.74) is 6.23. The summed E-state index contributed by atoms with van der Waals surface area (Å²) < 4.78 is 38.5. The molecule has 2 aromatic rings. The van der Waals surface area contributed by atoms with Gasteiger partial charge < -0.3 is 5.73 Å². The molecule has 0 fully saturated rings. The van der Waals surface area contributed by atoms with Gasteiger partial charge in [-0.05, 0) is 35.9 Å². The zero-order valence-corrected chi connectivity index (χ0v) is 10.2. The van der Waals surface area contributed by atoms with Crippen molar-refractivity contribution < 1.29 is 13.0 Å². The Kier molecular flexibility index (Phi) is 3.72. The van der Waals surface area contributed by atoms with Crippen molar-refractivity contribution in [2.45, 2.75) is 10.6 Å². The quantitative estimate of drug-likeness (QED) is 0.869. The van der Waals surface area contributed by atoms with Crippen molar-refractivity contribution >= 4 is 16.5 Å². The molecule has 1 unspecified atom stereocenters. The topological polar surface area (TPSA) is 43.1 Å². The number of hydrogen-bond acceptors (Lipinski definition) is 2. The summed E-state index contributed by atoms with van der Waals surface area (Å²) in [6, 6.07) is 9.78. The van der Waals surface area contributed by atoms with E-state index < -0.39 is 22.4 Å². The second kappa shape index (κ2) is 5.27. The highest BCUT2D eigenvalue weighted by atomic mass is 32.2. The molecule has 18 heavy (non-hydrogen) atoms. The third-order valence-corrected chi connectivity index (χ3v) is 3.78. The van der Waals surface area contributed by atoms with Gasteiger partial charge in [0.05, 0.1) is 21.4 Å². The highest BCUT2D eigenvalue weighted by molar-refractivity contribution is 7.84. The van der Waals surface area contributed by atoms with E-state index in [4.69, 9.17) is 5.73 Å². The molecule has 0 amide bonds. The lowest BCUT2D eigenvalue weighted by atomic mass is 10.2. The lowest BCUT2D eigenvalue weighted by Gasteiger charge is -2.05. The number of nitrogens with two attached hydrogens (primary N) is 1. The maximum Gasteiger partial charge on any atom is 0.139 e. The zero-order chi connectivity index (χ0) is 13.1. The van der Waals surface area contributed by atoms with E-state index in [1.807, 2.05) is 0 Å². The van der Waals surface area contributed by atoms with Crippen molar-refractivity contribution in [2.75, 3.05) is 5.73 Å². The minimum Gasteiger partial charge on any atom is -0.399 e. The van der Waals surface area contributed by atoms with E-state index in [9.17, 15) is 13.0 Å². The third-order valence-electron chi connectivity index (χ3n) is 2.36. The van der Waals surface area contributed by atoms with Gasteiger partial charge in [0.1, 0.15) is 11.6 Å². The van der Waals surface area contributed by atoms with Gasteiger partial charge in [-0.3, -0.25) is 4.21 Å². The average Bonchev–Trinajstić information content (AvgIpc) is 2.27. The summed E-state index contributed by atoms with van der Waals surface area (Å²) in [7, 11) is -1.56. The van der Waals surface area contributed by atoms with Gasteiger partial charge in [0.2, 0.25) is 0 Å². The summed E-state index contributed by atoms with van der Waals surface area (Å²) in [6.45, 7) is 0. The number of nitrogen functional groups attached to an aromatic ring is 1. The predicted molar refractivity (Wildman–Crippen MR) is 67.3 cm³/mol. The van der Waals surface area contributed by atoms with E-state index in [0.717, 1.165) is 0 Å². The lowest BCUT2D eigenvalue weighted by molar-refractivity contribution is 0.595. The minimum atomic E-state index is -1.56. The van der Waals surface area contributed by atoms with Crippen LogP contribution in [0.4, 0.5) is 14.5 Å². The van der Waals surface area contributed by atoms with Gasteiger partial charge in [0.15, 0.2) is 0 Å². The fourth-order valence-electron chi connectivity index (χ4n) is 1.62. The van der Waals surface area contributed by atoms with Gasteiger partial charge in [-0.15, -0.1) is 0 Å². The molecule has 0 aliphatic rings. The van der Waals surface area contributed by atoms with Crippen molar-refractivity contribution in [3.05, 3.63) is 59.7 Å². The Morgan fingerprint density at radius 2 is 1.83 bits per heavy atom. The summed E-state index contributed by atoms with van der Waals surface area (Å²) in [6.07, 6.45) is 0. The van der Waals surface area contributed by atoms with Crippen molar-refractivity contribution in [1.82, 2.24) is 0 Å². The van der Waals surface area contributed by atoms with Crippen LogP contribution >= 0.6 is 0 Å². The smallest absolute Gasteiger partial charge is 0.139 e. The Hall–Kier alpha value is -1.75. The van der Waals surface area contributed by atoms with Gasteiger partial charge in [0, 0.05) is 5.69 Å². The SMILES string of the molecule is Nc1cc(F)cc(CS(=O)c2ccccc2F)c1. The van der Waals surface area contributed by atoms with Crippen LogP contribution in [0.1, 0.15) is 5.56 Å². The molecule has 2 nitrogen and oxygen atoms in total. The maximum atomic E-state index is 13.4. The molecule has 94 valence electrons. The molecule has 1 atom stereocenters. The van der Waals surface area contributed by atoms with Crippen molar-refractivity contribution in [3.8, 4) is 0 Å². The molecule has 0 bridgehead atoms. The summed E-state index contributed by atoms with van der Waals surface area (Å²) in [5.74, 6) is -0.987. The molecular formula is C13H11F2NOS. The second-order valence-electron chi connectivity index (χ2n) is 3.81. The highest BCUT2D eigenvalue weighted by Crippen LogP contribution is 2.18. The molecule has 0 saturated carbocycles. The van der Waals surface area contributed by atoms with Gasteiger partial charge in [-0.25, -0.2) is 8.78 Å². The van der Waals surface area contributed by atoms with Gasteiger partial charge in [0.25, 0.3) is 0 Å². The van der Waals surface area contributed by atoms with Crippen molar-refractivity contribution in [3.63, 3.8) is 0 Å². The molecule has 0 spiro atoms. The Labute approximate surface area is 106 Å². The normalized spacial score (nSPS) is 12.3. The van der Waals surface area contributed by atoms with E-state index in [0.29, 0.717) is 5.56 Å².